The molecule has 1 aliphatic heterocycles. The number of aliphatic hydroxyl groups is 2. The van der Waals surface area contributed by atoms with Gasteiger partial charge in [-0.3, -0.25) is 0 Å². The highest BCUT2D eigenvalue weighted by Gasteiger charge is 2.27. The molecular formula is C9H19NO2. The maximum atomic E-state index is 9.64. The van der Waals surface area contributed by atoms with Gasteiger partial charge >= 0.3 is 0 Å². The van der Waals surface area contributed by atoms with Gasteiger partial charge in [-0.15, -0.1) is 0 Å². The van der Waals surface area contributed by atoms with Crippen molar-refractivity contribution in [3.63, 3.8) is 0 Å². The largest absolute Gasteiger partial charge is 0.392 e. The van der Waals surface area contributed by atoms with Gasteiger partial charge in [0, 0.05) is 19.6 Å². The Morgan fingerprint density at radius 2 is 1.92 bits per heavy atom. The minimum atomic E-state index is -0.477. The molecule has 1 rings (SSSR count). The lowest BCUT2D eigenvalue weighted by Gasteiger charge is -2.36. The van der Waals surface area contributed by atoms with Crippen molar-refractivity contribution in [2.75, 3.05) is 19.6 Å². The summed E-state index contributed by atoms with van der Waals surface area (Å²) in [7, 11) is 0. The lowest BCUT2D eigenvalue weighted by atomic mass is 9.94. The molecular weight excluding hydrogens is 154 g/mol. The van der Waals surface area contributed by atoms with E-state index in [0.717, 1.165) is 32.5 Å². The highest BCUT2D eigenvalue weighted by atomic mass is 16.3. The van der Waals surface area contributed by atoms with E-state index in [1.165, 1.54) is 0 Å². The zero-order valence-corrected chi connectivity index (χ0v) is 7.95. The number of rotatable bonds is 2. The number of hydrogen-bond donors (Lipinski definition) is 2. The second-order valence-corrected chi connectivity index (χ2v) is 4.15. The van der Waals surface area contributed by atoms with Crippen LogP contribution in [-0.2, 0) is 0 Å². The maximum Gasteiger partial charge on any atom is 0.0644 e. The molecule has 0 aliphatic carbocycles. The molecule has 1 fully saturated rings. The van der Waals surface area contributed by atoms with E-state index < -0.39 is 5.60 Å². The van der Waals surface area contributed by atoms with E-state index in [0.29, 0.717) is 0 Å². The van der Waals surface area contributed by atoms with E-state index in [1.807, 2.05) is 6.92 Å². The summed E-state index contributed by atoms with van der Waals surface area (Å²) in [5.74, 6) is 0. The average molecular weight is 173 g/mol. The molecule has 12 heavy (non-hydrogen) atoms. The van der Waals surface area contributed by atoms with Gasteiger partial charge in [-0.1, -0.05) is 0 Å². The Kier molecular flexibility index (Phi) is 3.09. The van der Waals surface area contributed by atoms with E-state index >= 15 is 0 Å². The fourth-order valence-electron chi connectivity index (χ4n) is 1.59. The van der Waals surface area contributed by atoms with Crippen molar-refractivity contribution in [1.29, 1.82) is 0 Å². The van der Waals surface area contributed by atoms with Crippen molar-refractivity contribution in [3.05, 3.63) is 0 Å². The van der Waals surface area contributed by atoms with E-state index in [2.05, 4.69) is 4.90 Å². The zero-order chi connectivity index (χ0) is 9.19. The zero-order valence-electron chi connectivity index (χ0n) is 7.95. The van der Waals surface area contributed by atoms with Crippen LogP contribution in [0, 0.1) is 0 Å². The molecule has 0 amide bonds. The van der Waals surface area contributed by atoms with Gasteiger partial charge in [-0.2, -0.15) is 0 Å². The molecule has 2 N–H and O–H groups in total. The van der Waals surface area contributed by atoms with Gasteiger partial charge in [-0.05, 0) is 26.7 Å². The van der Waals surface area contributed by atoms with Gasteiger partial charge in [0.25, 0.3) is 0 Å². The number of aliphatic hydroxyl groups excluding tert-OH is 1. The fraction of sp³-hybridized carbons (Fsp3) is 1.00. The Morgan fingerprint density at radius 1 is 1.42 bits per heavy atom. The van der Waals surface area contributed by atoms with Gasteiger partial charge in [0.2, 0.25) is 0 Å². The Labute approximate surface area is 74.0 Å². The normalized spacial score (nSPS) is 27.0. The van der Waals surface area contributed by atoms with E-state index in [4.69, 9.17) is 5.11 Å². The Morgan fingerprint density at radius 3 is 2.33 bits per heavy atom. The van der Waals surface area contributed by atoms with E-state index in [9.17, 15) is 5.11 Å². The van der Waals surface area contributed by atoms with Gasteiger partial charge in [0.1, 0.15) is 0 Å². The molecule has 3 heteroatoms. The highest BCUT2D eigenvalue weighted by Crippen LogP contribution is 2.20. The minimum Gasteiger partial charge on any atom is -0.392 e. The van der Waals surface area contributed by atoms with Crippen molar-refractivity contribution in [2.45, 2.75) is 38.4 Å². The van der Waals surface area contributed by atoms with Crippen LogP contribution in [0.5, 0.6) is 0 Å². The number of nitrogens with zero attached hydrogens (tertiary/aromatic N) is 1. The fourth-order valence-corrected chi connectivity index (χ4v) is 1.59. The van der Waals surface area contributed by atoms with Crippen LogP contribution in [0.4, 0.5) is 0 Å². The maximum absolute atomic E-state index is 9.64. The van der Waals surface area contributed by atoms with Crippen LogP contribution in [0.2, 0.25) is 0 Å². The highest BCUT2D eigenvalue weighted by molar-refractivity contribution is 4.81. The Bertz CT molecular complexity index is 135. The molecule has 0 unspecified atom stereocenters. The third-order valence-corrected chi connectivity index (χ3v) is 2.46. The summed E-state index contributed by atoms with van der Waals surface area (Å²) in [6.07, 6.45) is 1.38. The predicted molar refractivity (Wildman–Crippen MR) is 48.0 cm³/mol. The van der Waals surface area contributed by atoms with E-state index in [1.54, 1.807) is 6.92 Å². The molecule has 0 radical (unpaired) electrons. The molecule has 1 aliphatic rings. The molecule has 1 atom stereocenters. The van der Waals surface area contributed by atoms with E-state index in [-0.39, 0.29) is 6.10 Å². The summed E-state index contributed by atoms with van der Waals surface area (Å²) in [6, 6.07) is 0. The van der Waals surface area contributed by atoms with Crippen molar-refractivity contribution in [3.8, 4) is 0 Å². The topological polar surface area (TPSA) is 43.7 Å². The van der Waals surface area contributed by atoms with Crippen LogP contribution in [-0.4, -0.2) is 46.5 Å². The minimum absolute atomic E-state index is 0.256. The molecule has 0 saturated carbocycles. The summed E-state index contributed by atoms with van der Waals surface area (Å²) in [6.45, 7) is 6.21. The third kappa shape index (κ3) is 3.09. The van der Waals surface area contributed by atoms with Gasteiger partial charge in [-0.25, -0.2) is 0 Å². The SMILES string of the molecule is C[C@H](O)CN1CCC(C)(O)CC1. The average Bonchev–Trinajstić information content (AvgIpc) is 1.93. The molecule has 0 aromatic rings. The van der Waals surface area contributed by atoms with Crippen molar-refractivity contribution in [2.24, 2.45) is 0 Å². The molecule has 0 spiro atoms. The molecule has 1 heterocycles. The molecule has 0 aromatic carbocycles. The Balaban J connectivity index is 2.27. The number of likely N-dealkylation sites (tertiary alicyclic amines) is 1. The second kappa shape index (κ2) is 3.73. The summed E-state index contributed by atoms with van der Waals surface area (Å²) >= 11 is 0. The number of hydrogen-bond acceptors (Lipinski definition) is 3. The standard InChI is InChI=1S/C9H19NO2/c1-8(11)7-10-5-3-9(2,12)4-6-10/h8,11-12H,3-7H2,1-2H3/t8-/m0/s1. The van der Waals surface area contributed by atoms with Crippen LogP contribution in [0.25, 0.3) is 0 Å². The van der Waals surface area contributed by atoms with Crippen LogP contribution >= 0.6 is 0 Å². The van der Waals surface area contributed by atoms with Crippen molar-refractivity contribution < 1.29 is 10.2 Å². The smallest absolute Gasteiger partial charge is 0.0644 e. The molecule has 72 valence electrons. The summed E-state index contributed by atoms with van der Waals surface area (Å²) in [5.41, 5.74) is -0.477. The van der Waals surface area contributed by atoms with Crippen LogP contribution in [0.15, 0.2) is 0 Å². The van der Waals surface area contributed by atoms with Gasteiger partial charge in [0.05, 0.1) is 11.7 Å². The first-order valence-corrected chi connectivity index (χ1v) is 4.62. The summed E-state index contributed by atoms with van der Waals surface area (Å²) < 4.78 is 0. The quantitative estimate of drug-likeness (QED) is 0.627. The van der Waals surface area contributed by atoms with Crippen LogP contribution < -0.4 is 0 Å². The Hall–Kier alpha value is -0.120. The molecule has 3 nitrogen and oxygen atoms in total. The van der Waals surface area contributed by atoms with Crippen LogP contribution in [0.1, 0.15) is 26.7 Å². The third-order valence-electron chi connectivity index (χ3n) is 2.46. The first-order chi connectivity index (χ1) is 5.49. The number of piperidine rings is 1. The lowest BCUT2D eigenvalue weighted by molar-refractivity contribution is -0.0143. The van der Waals surface area contributed by atoms with Crippen LogP contribution in [0.3, 0.4) is 0 Å². The molecule has 0 aromatic heterocycles. The van der Waals surface area contributed by atoms with Gasteiger partial charge in [0.15, 0.2) is 0 Å². The lowest BCUT2D eigenvalue weighted by Crippen LogP contribution is -2.44. The summed E-state index contributed by atoms with van der Waals surface area (Å²) in [4.78, 5) is 2.20. The van der Waals surface area contributed by atoms with Crippen molar-refractivity contribution >= 4 is 0 Å². The summed E-state index contributed by atoms with van der Waals surface area (Å²) in [5, 5.41) is 18.8. The first-order valence-electron chi connectivity index (χ1n) is 4.62. The van der Waals surface area contributed by atoms with Crippen molar-refractivity contribution in [1.82, 2.24) is 4.90 Å². The molecule has 1 saturated heterocycles. The van der Waals surface area contributed by atoms with Gasteiger partial charge < -0.3 is 15.1 Å². The molecule has 0 bridgehead atoms. The monoisotopic (exact) mass is 173 g/mol. The second-order valence-electron chi connectivity index (χ2n) is 4.15. The first kappa shape index (κ1) is 9.96. The number of β-amino-alcohol motifs (C(OH)–C–C–N with tert-alkyl or cyclic N) is 1. The predicted octanol–water partition coefficient (Wildman–Crippen LogP) is 0.214.